The molecule has 1 saturated heterocycles. The SMILES string of the molecule is COc1cccc(OC2CN(Cc3cnc(-c4cccs4)nc3)C2)c1. The average molecular weight is 353 g/mol. The van der Waals surface area contributed by atoms with Crippen LogP contribution in [0.4, 0.5) is 0 Å². The molecule has 1 aliphatic heterocycles. The maximum atomic E-state index is 5.98. The van der Waals surface area contributed by atoms with Crippen molar-refractivity contribution in [1.29, 1.82) is 0 Å². The highest BCUT2D eigenvalue weighted by molar-refractivity contribution is 7.13. The van der Waals surface area contributed by atoms with Crippen LogP contribution in [-0.4, -0.2) is 41.2 Å². The fourth-order valence-electron chi connectivity index (χ4n) is 2.82. The summed E-state index contributed by atoms with van der Waals surface area (Å²) in [6.07, 6.45) is 4.05. The second-order valence-electron chi connectivity index (χ2n) is 6.01. The third-order valence-corrected chi connectivity index (χ3v) is 4.99. The highest BCUT2D eigenvalue weighted by Gasteiger charge is 2.28. The van der Waals surface area contributed by atoms with E-state index in [4.69, 9.17) is 9.47 Å². The molecule has 1 aliphatic rings. The van der Waals surface area contributed by atoms with E-state index in [9.17, 15) is 0 Å². The molecular formula is C19H19N3O2S. The van der Waals surface area contributed by atoms with Gasteiger partial charge in [0.2, 0.25) is 0 Å². The monoisotopic (exact) mass is 353 g/mol. The number of ether oxygens (including phenoxy) is 2. The van der Waals surface area contributed by atoms with E-state index in [-0.39, 0.29) is 6.10 Å². The molecule has 1 fully saturated rings. The van der Waals surface area contributed by atoms with Crippen molar-refractivity contribution in [3.63, 3.8) is 0 Å². The van der Waals surface area contributed by atoms with Gasteiger partial charge in [-0.15, -0.1) is 11.3 Å². The molecule has 0 radical (unpaired) electrons. The van der Waals surface area contributed by atoms with E-state index < -0.39 is 0 Å². The fraction of sp³-hybridized carbons (Fsp3) is 0.263. The van der Waals surface area contributed by atoms with E-state index in [2.05, 4.69) is 14.9 Å². The van der Waals surface area contributed by atoms with Crippen LogP contribution in [0, 0.1) is 0 Å². The van der Waals surface area contributed by atoms with Crippen molar-refractivity contribution in [2.24, 2.45) is 0 Å². The second kappa shape index (κ2) is 7.21. The van der Waals surface area contributed by atoms with Crippen LogP contribution < -0.4 is 9.47 Å². The number of rotatable bonds is 6. The zero-order chi connectivity index (χ0) is 17.1. The molecule has 3 heterocycles. The van der Waals surface area contributed by atoms with Gasteiger partial charge in [0, 0.05) is 43.7 Å². The van der Waals surface area contributed by atoms with Crippen LogP contribution in [-0.2, 0) is 6.54 Å². The molecule has 2 aromatic heterocycles. The zero-order valence-corrected chi connectivity index (χ0v) is 14.8. The smallest absolute Gasteiger partial charge is 0.169 e. The fourth-order valence-corrected chi connectivity index (χ4v) is 3.49. The summed E-state index contributed by atoms with van der Waals surface area (Å²) < 4.78 is 11.2. The molecule has 0 spiro atoms. The van der Waals surface area contributed by atoms with E-state index >= 15 is 0 Å². The summed E-state index contributed by atoms with van der Waals surface area (Å²) in [5.74, 6) is 2.46. The van der Waals surface area contributed by atoms with Crippen LogP contribution in [0.2, 0.25) is 0 Å². The van der Waals surface area contributed by atoms with Crippen LogP contribution >= 0.6 is 11.3 Å². The number of benzene rings is 1. The van der Waals surface area contributed by atoms with Crippen LogP contribution in [0.15, 0.2) is 54.2 Å². The number of likely N-dealkylation sites (tertiary alicyclic amines) is 1. The first-order valence-electron chi connectivity index (χ1n) is 8.18. The van der Waals surface area contributed by atoms with E-state index in [1.165, 1.54) is 0 Å². The lowest BCUT2D eigenvalue weighted by Gasteiger charge is -2.38. The predicted molar refractivity (Wildman–Crippen MR) is 98.0 cm³/mol. The molecule has 0 saturated carbocycles. The summed E-state index contributed by atoms with van der Waals surface area (Å²) in [4.78, 5) is 12.4. The number of methoxy groups -OCH3 is 1. The van der Waals surface area contributed by atoms with Gasteiger partial charge >= 0.3 is 0 Å². The molecule has 0 N–H and O–H groups in total. The number of hydrogen-bond acceptors (Lipinski definition) is 6. The second-order valence-corrected chi connectivity index (χ2v) is 6.95. The van der Waals surface area contributed by atoms with Crippen molar-refractivity contribution in [3.8, 4) is 22.2 Å². The van der Waals surface area contributed by atoms with Crippen molar-refractivity contribution in [2.75, 3.05) is 20.2 Å². The number of thiophene rings is 1. The van der Waals surface area contributed by atoms with E-state index in [0.29, 0.717) is 0 Å². The Labute approximate surface area is 150 Å². The van der Waals surface area contributed by atoms with Gasteiger partial charge in [0.15, 0.2) is 5.82 Å². The Balaban J connectivity index is 1.28. The lowest BCUT2D eigenvalue weighted by atomic mass is 10.1. The number of nitrogens with zero attached hydrogens (tertiary/aromatic N) is 3. The minimum atomic E-state index is 0.221. The van der Waals surface area contributed by atoms with Gasteiger partial charge in [-0.1, -0.05) is 12.1 Å². The molecular weight excluding hydrogens is 334 g/mol. The molecule has 4 rings (SSSR count). The lowest BCUT2D eigenvalue weighted by Crippen LogP contribution is -2.53. The van der Waals surface area contributed by atoms with Crippen molar-refractivity contribution < 1.29 is 9.47 Å². The van der Waals surface area contributed by atoms with Crippen molar-refractivity contribution in [1.82, 2.24) is 14.9 Å². The van der Waals surface area contributed by atoms with Crippen molar-refractivity contribution >= 4 is 11.3 Å². The van der Waals surface area contributed by atoms with Gasteiger partial charge in [-0.2, -0.15) is 0 Å². The van der Waals surface area contributed by atoms with E-state index in [1.54, 1.807) is 18.4 Å². The Hall–Kier alpha value is -2.44. The first kappa shape index (κ1) is 16.1. The Kier molecular flexibility index (Phi) is 4.63. The standard InChI is InChI=1S/C19H19N3O2S/c1-23-15-4-2-5-16(8-15)24-17-12-22(13-17)11-14-9-20-19(21-10-14)18-6-3-7-25-18/h2-10,17H,11-13H2,1H3. The summed E-state index contributed by atoms with van der Waals surface area (Å²) in [5, 5.41) is 2.04. The highest BCUT2D eigenvalue weighted by Crippen LogP contribution is 2.24. The zero-order valence-electron chi connectivity index (χ0n) is 14.0. The van der Waals surface area contributed by atoms with Gasteiger partial charge in [-0.05, 0) is 23.6 Å². The van der Waals surface area contributed by atoms with E-state index in [0.717, 1.165) is 47.4 Å². The largest absolute Gasteiger partial charge is 0.497 e. The maximum absolute atomic E-state index is 5.98. The minimum Gasteiger partial charge on any atom is -0.497 e. The maximum Gasteiger partial charge on any atom is 0.169 e. The topological polar surface area (TPSA) is 47.5 Å². The Morgan fingerprint density at radius 3 is 2.64 bits per heavy atom. The molecule has 0 bridgehead atoms. The Morgan fingerprint density at radius 2 is 1.92 bits per heavy atom. The lowest BCUT2D eigenvalue weighted by molar-refractivity contribution is 0.0143. The third-order valence-electron chi connectivity index (χ3n) is 4.12. The molecule has 6 heteroatoms. The number of hydrogen-bond donors (Lipinski definition) is 0. The summed E-state index contributed by atoms with van der Waals surface area (Å²) in [6.45, 7) is 2.66. The third kappa shape index (κ3) is 3.81. The quantitative estimate of drug-likeness (QED) is 0.679. The minimum absolute atomic E-state index is 0.221. The molecule has 1 aromatic carbocycles. The predicted octanol–water partition coefficient (Wildman–Crippen LogP) is 3.48. The first-order chi connectivity index (χ1) is 12.3. The first-order valence-corrected chi connectivity index (χ1v) is 9.06. The number of aromatic nitrogens is 2. The summed E-state index contributed by atoms with van der Waals surface area (Å²) in [5.41, 5.74) is 1.13. The molecule has 128 valence electrons. The normalized spacial score (nSPS) is 14.9. The van der Waals surface area contributed by atoms with Gasteiger partial charge in [-0.25, -0.2) is 9.97 Å². The van der Waals surface area contributed by atoms with Gasteiger partial charge in [-0.3, -0.25) is 4.90 Å². The van der Waals surface area contributed by atoms with Gasteiger partial charge in [0.25, 0.3) is 0 Å². The summed E-state index contributed by atoms with van der Waals surface area (Å²) >= 11 is 1.65. The highest BCUT2D eigenvalue weighted by atomic mass is 32.1. The summed E-state index contributed by atoms with van der Waals surface area (Å²) in [6, 6.07) is 11.8. The van der Waals surface area contributed by atoms with Gasteiger partial charge in [0.1, 0.15) is 17.6 Å². The van der Waals surface area contributed by atoms with Crippen LogP contribution in [0.1, 0.15) is 5.56 Å². The molecule has 0 amide bonds. The van der Waals surface area contributed by atoms with E-state index in [1.807, 2.05) is 54.2 Å². The molecule has 5 nitrogen and oxygen atoms in total. The van der Waals surface area contributed by atoms with Crippen LogP contribution in [0.3, 0.4) is 0 Å². The van der Waals surface area contributed by atoms with Crippen molar-refractivity contribution in [3.05, 3.63) is 59.7 Å². The van der Waals surface area contributed by atoms with Gasteiger partial charge < -0.3 is 9.47 Å². The molecule has 25 heavy (non-hydrogen) atoms. The average Bonchev–Trinajstić information content (AvgIpc) is 3.15. The molecule has 0 unspecified atom stereocenters. The van der Waals surface area contributed by atoms with Crippen molar-refractivity contribution in [2.45, 2.75) is 12.6 Å². The Bertz CT molecular complexity index is 815. The van der Waals surface area contributed by atoms with Gasteiger partial charge in [0.05, 0.1) is 12.0 Å². The molecule has 0 atom stereocenters. The molecule has 3 aromatic rings. The van der Waals surface area contributed by atoms with Crippen LogP contribution in [0.25, 0.3) is 10.7 Å². The summed E-state index contributed by atoms with van der Waals surface area (Å²) in [7, 11) is 1.66. The Morgan fingerprint density at radius 1 is 1.12 bits per heavy atom. The molecule has 0 aliphatic carbocycles. The van der Waals surface area contributed by atoms with Crippen LogP contribution in [0.5, 0.6) is 11.5 Å².